The van der Waals surface area contributed by atoms with E-state index >= 15 is 0 Å². The maximum absolute atomic E-state index is 12.2. The molecule has 1 amide bonds. The Morgan fingerprint density at radius 2 is 1.92 bits per heavy atom. The molecule has 2 aromatic carbocycles. The zero-order chi connectivity index (χ0) is 17.6. The van der Waals surface area contributed by atoms with Gasteiger partial charge in [-0.3, -0.25) is 4.79 Å². The van der Waals surface area contributed by atoms with Crippen LogP contribution in [0, 0.1) is 0 Å². The number of para-hydroxylation sites is 1. The number of phenols is 1. The SMILES string of the molecule is C[C@H](NC(=O)CCc1ccccc1O)c1ccc2c(c1)OCCCO2. The highest BCUT2D eigenvalue weighted by molar-refractivity contribution is 5.76. The number of nitrogens with one attached hydrogen (secondary N) is 1. The van der Waals surface area contributed by atoms with Crippen molar-refractivity contribution in [2.24, 2.45) is 0 Å². The lowest BCUT2D eigenvalue weighted by atomic mass is 10.1. The zero-order valence-corrected chi connectivity index (χ0v) is 14.3. The molecule has 0 fully saturated rings. The fourth-order valence-electron chi connectivity index (χ4n) is 2.82. The van der Waals surface area contributed by atoms with Gasteiger partial charge in [0.05, 0.1) is 19.3 Å². The van der Waals surface area contributed by atoms with E-state index in [2.05, 4.69) is 5.32 Å². The first-order valence-electron chi connectivity index (χ1n) is 8.59. The first-order valence-corrected chi connectivity index (χ1v) is 8.59. The van der Waals surface area contributed by atoms with Crippen LogP contribution in [0.4, 0.5) is 0 Å². The average molecular weight is 341 g/mol. The van der Waals surface area contributed by atoms with Crippen LogP contribution in [-0.2, 0) is 11.2 Å². The van der Waals surface area contributed by atoms with E-state index in [9.17, 15) is 9.90 Å². The molecule has 0 saturated heterocycles. The summed E-state index contributed by atoms with van der Waals surface area (Å²) in [6.07, 6.45) is 1.70. The van der Waals surface area contributed by atoms with Gasteiger partial charge in [-0.25, -0.2) is 0 Å². The third-order valence-corrected chi connectivity index (χ3v) is 4.26. The molecule has 0 unspecified atom stereocenters. The van der Waals surface area contributed by atoms with Crippen molar-refractivity contribution in [3.63, 3.8) is 0 Å². The normalized spacial score (nSPS) is 14.4. The summed E-state index contributed by atoms with van der Waals surface area (Å²) in [5.41, 5.74) is 1.75. The second-order valence-electron chi connectivity index (χ2n) is 6.17. The molecule has 2 aromatic rings. The molecule has 2 N–H and O–H groups in total. The molecule has 1 heterocycles. The van der Waals surface area contributed by atoms with E-state index in [4.69, 9.17) is 9.47 Å². The van der Waals surface area contributed by atoms with Crippen molar-refractivity contribution in [3.05, 3.63) is 53.6 Å². The smallest absolute Gasteiger partial charge is 0.220 e. The molecule has 0 aromatic heterocycles. The quantitative estimate of drug-likeness (QED) is 0.875. The molecule has 0 radical (unpaired) electrons. The Labute approximate surface area is 147 Å². The maximum atomic E-state index is 12.2. The number of rotatable bonds is 5. The van der Waals surface area contributed by atoms with Gasteiger partial charge in [0.2, 0.25) is 5.91 Å². The van der Waals surface area contributed by atoms with Gasteiger partial charge >= 0.3 is 0 Å². The van der Waals surface area contributed by atoms with Crippen LogP contribution in [0.2, 0.25) is 0 Å². The summed E-state index contributed by atoms with van der Waals surface area (Å²) in [6.45, 7) is 3.24. The number of aryl methyl sites for hydroxylation is 1. The molecule has 5 heteroatoms. The van der Waals surface area contributed by atoms with Crippen molar-refractivity contribution in [2.75, 3.05) is 13.2 Å². The molecular formula is C20H23NO4. The summed E-state index contributed by atoms with van der Waals surface area (Å²) in [4.78, 5) is 12.2. The lowest BCUT2D eigenvalue weighted by Crippen LogP contribution is -2.26. The van der Waals surface area contributed by atoms with Crippen LogP contribution in [0.15, 0.2) is 42.5 Å². The number of aromatic hydroxyl groups is 1. The highest BCUT2D eigenvalue weighted by Gasteiger charge is 2.15. The Hall–Kier alpha value is -2.69. The Balaban J connectivity index is 1.58. The second-order valence-corrected chi connectivity index (χ2v) is 6.17. The fraction of sp³-hybridized carbons (Fsp3) is 0.350. The molecule has 0 saturated carbocycles. The number of benzene rings is 2. The number of ether oxygens (including phenoxy) is 2. The molecular weight excluding hydrogens is 318 g/mol. The van der Waals surface area contributed by atoms with Gasteiger partial charge in [-0.15, -0.1) is 0 Å². The van der Waals surface area contributed by atoms with Crippen molar-refractivity contribution >= 4 is 5.91 Å². The Morgan fingerprint density at radius 3 is 2.72 bits per heavy atom. The predicted octanol–water partition coefficient (Wildman–Crippen LogP) is 3.36. The van der Waals surface area contributed by atoms with Crippen LogP contribution in [0.1, 0.15) is 36.9 Å². The minimum atomic E-state index is -0.131. The molecule has 1 aliphatic heterocycles. The largest absolute Gasteiger partial charge is 0.508 e. The van der Waals surface area contributed by atoms with Crippen molar-refractivity contribution in [2.45, 2.75) is 32.2 Å². The number of amides is 1. The number of fused-ring (bicyclic) bond motifs is 1. The minimum absolute atomic E-state index is 0.0529. The van der Waals surface area contributed by atoms with E-state index < -0.39 is 0 Å². The first-order chi connectivity index (χ1) is 12.1. The third-order valence-electron chi connectivity index (χ3n) is 4.26. The monoisotopic (exact) mass is 341 g/mol. The summed E-state index contributed by atoms with van der Waals surface area (Å²) in [5.74, 6) is 1.65. The van der Waals surface area contributed by atoms with Crippen molar-refractivity contribution in [1.29, 1.82) is 0 Å². The molecule has 0 spiro atoms. The van der Waals surface area contributed by atoms with E-state index in [-0.39, 0.29) is 17.7 Å². The highest BCUT2D eigenvalue weighted by atomic mass is 16.5. The van der Waals surface area contributed by atoms with Gasteiger partial charge in [0.15, 0.2) is 11.5 Å². The van der Waals surface area contributed by atoms with E-state index in [0.29, 0.717) is 26.1 Å². The van der Waals surface area contributed by atoms with E-state index in [1.165, 1.54) is 0 Å². The van der Waals surface area contributed by atoms with Gasteiger partial charge in [0.25, 0.3) is 0 Å². The number of carbonyl (C=O) groups is 1. The highest BCUT2D eigenvalue weighted by Crippen LogP contribution is 2.32. The lowest BCUT2D eigenvalue weighted by Gasteiger charge is -2.16. The Morgan fingerprint density at radius 1 is 1.16 bits per heavy atom. The number of hydrogen-bond acceptors (Lipinski definition) is 4. The summed E-state index contributed by atoms with van der Waals surface area (Å²) in [6, 6.07) is 12.7. The standard InChI is InChI=1S/C20H23NO4/c1-14(16-7-9-18-19(13-16)25-12-4-11-24-18)21-20(23)10-8-15-5-2-3-6-17(15)22/h2-3,5-7,9,13-14,22H,4,8,10-12H2,1H3,(H,21,23)/t14-/m0/s1. The Kier molecular flexibility index (Phi) is 5.43. The Bertz CT molecular complexity index is 744. The summed E-state index contributed by atoms with van der Waals surface area (Å²) >= 11 is 0. The third kappa shape index (κ3) is 4.44. The average Bonchev–Trinajstić information content (AvgIpc) is 2.85. The second kappa shape index (κ2) is 7.92. The van der Waals surface area contributed by atoms with Crippen LogP contribution < -0.4 is 14.8 Å². The van der Waals surface area contributed by atoms with Gasteiger partial charge in [-0.05, 0) is 42.7 Å². The van der Waals surface area contributed by atoms with E-state index in [0.717, 1.165) is 29.0 Å². The minimum Gasteiger partial charge on any atom is -0.508 e. The van der Waals surface area contributed by atoms with Crippen LogP contribution in [-0.4, -0.2) is 24.2 Å². The van der Waals surface area contributed by atoms with Crippen molar-refractivity contribution < 1.29 is 19.4 Å². The maximum Gasteiger partial charge on any atom is 0.220 e. The van der Waals surface area contributed by atoms with Gasteiger partial charge in [-0.2, -0.15) is 0 Å². The molecule has 3 rings (SSSR count). The van der Waals surface area contributed by atoms with Gasteiger partial charge in [0, 0.05) is 12.8 Å². The topological polar surface area (TPSA) is 67.8 Å². The van der Waals surface area contributed by atoms with E-state index in [1.54, 1.807) is 12.1 Å². The molecule has 0 bridgehead atoms. The van der Waals surface area contributed by atoms with Crippen LogP contribution in [0.25, 0.3) is 0 Å². The van der Waals surface area contributed by atoms with Crippen molar-refractivity contribution in [1.82, 2.24) is 5.32 Å². The summed E-state index contributed by atoms with van der Waals surface area (Å²) in [5, 5.41) is 12.8. The number of carbonyl (C=O) groups excluding carboxylic acids is 1. The van der Waals surface area contributed by atoms with Crippen LogP contribution in [0.3, 0.4) is 0 Å². The van der Waals surface area contributed by atoms with Crippen LogP contribution >= 0.6 is 0 Å². The van der Waals surface area contributed by atoms with Gasteiger partial charge in [-0.1, -0.05) is 24.3 Å². The van der Waals surface area contributed by atoms with Crippen molar-refractivity contribution in [3.8, 4) is 17.2 Å². The molecule has 132 valence electrons. The molecule has 1 atom stereocenters. The molecule has 25 heavy (non-hydrogen) atoms. The molecule has 5 nitrogen and oxygen atoms in total. The first kappa shape index (κ1) is 17.1. The summed E-state index contributed by atoms with van der Waals surface area (Å²) < 4.78 is 11.3. The zero-order valence-electron chi connectivity index (χ0n) is 14.3. The molecule has 1 aliphatic rings. The fourth-order valence-corrected chi connectivity index (χ4v) is 2.82. The van der Waals surface area contributed by atoms with Crippen LogP contribution in [0.5, 0.6) is 17.2 Å². The van der Waals surface area contributed by atoms with Gasteiger partial charge in [0.1, 0.15) is 5.75 Å². The predicted molar refractivity (Wildman–Crippen MR) is 95.0 cm³/mol. The molecule has 0 aliphatic carbocycles. The van der Waals surface area contributed by atoms with Gasteiger partial charge < -0.3 is 19.9 Å². The van der Waals surface area contributed by atoms with E-state index in [1.807, 2.05) is 37.3 Å². The number of phenolic OH excluding ortho intramolecular Hbond substituents is 1. The summed E-state index contributed by atoms with van der Waals surface area (Å²) in [7, 11) is 0. The number of hydrogen-bond donors (Lipinski definition) is 2. The lowest BCUT2D eigenvalue weighted by molar-refractivity contribution is -0.121.